The van der Waals surface area contributed by atoms with Crippen LogP contribution in [0.15, 0.2) is 24.8 Å². The molecule has 1 aliphatic rings. The molecular formula is C14H19FN2O. The van der Waals surface area contributed by atoms with Gasteiger partial charge in [0.15, 0.2) is 11.6 Å². The minimum absolute atomic E-state index is 0.138. The number of nitrogens with zero attached hydrogens (tertiary/aromatic N) is 1. The first-order valence-corrected chi connectivity index (χ1v) is 6.20. The highest BCUT2D eigenvalue weighted by Crippen LogP contribution is 2.32. The number of phenolic OH excluding ortho intramolecular Hbond substituents is 1. The van der Waals surface area contributed by atoms with Crippen LogP contribution in [0.3, 0.4) is 0 Å². The van der Waals surface area contributed by atoms with Gasteiger partial charge in [-0.3, -0.25) is 4.90 Å². The first-order chi connectivity index (χ1) is 8.63. The molecule has 2 rings (SSSR count). The van der Waals surface area contributed by atoms with E-state index in [1.807, 2.05) is 13.0 Å². The van der Waals surface area contributed by atoms with Gasteiger partial charge in [-0.05, 0) is 18.6 Å². The third-order valence-electron chi connectivity index (χ3n) is 3.32. The van der Waals surface area contributed by atoms with E-state index in [1.165, 1.54) is 6.07 Å². The molecule has 0 amide bonds. The van der Waals surface area contributed by atoms with Crippen LogP contribution in [0.5, 0.6) is 5.75 Å². The highest BCUT2D eigenvalue weighted by Gasteiger charge is 2.23. The summed E-state index contributed by atoms with van der Waals surface area (Å²) in [5.41, 5.74) is 1.41. The lowest BCUT2D eigenvalue weighted by molar-refractivity contribution is 0.200. The summed E-state index contributed by atoms with van der Waals surface area (Å²) in [5.74, 6) is -0.823. The summed E-state index contributed by atoms with van der Waals surface area (Å²) in [6.07, 6.45) is 1.76. The highest BCUT2D eigenvalue weighted by molar-refractivity contribution is 5.41. The van der Waals surface area contributed by atoms with Crippen LogP contribution >= 0.6 is 0 Å². The first-order valence-electron chi connectivity index (χ1n) is 6.20. The topological polar surface area (TPSA) is 35.5 Å². The summed E-state index contributed by atoms with van der Waals surface area (Å²) < 4.78 is 13.6. The van der Waals surface area contributed by atoms with Gasteiger partial charge >= 0.3 is 0 Å². The largest absolute Gasteiger partial charge is 0.505 e. The summed E-state index contributed by atoms with van der Waals surface area (Å²) in [6.45, 7) is 9.18. The molecule has 0 aliphatic carbocycles. The van der Waals surface area contributed by atoms with Gasteiger partial charge in [0.1, 0.15) is 0 Å². The lowest BCUT2D eigenvalue weighted by atomic mass is 10.0. The van der Waals surface area contributed by atoms with E-state index in [9.17, 15) is 9.50 Å². The van der Waals surface area contributed by atoms with Crippen LogP contribution in [0.25, 0.3) is 0 Å². The fraction of sp³-hybridized carbons (Fsp3) is 0.429. The Morgan fingerprint density at radius 1 is 1.44 bits per heavy atom. The van der Waals surface area contributed by atoms with Crippen LogP contribution in [0.1, 0.15) is 17.2 Å². The van der Waals surface area contributed by atoms with Crippen LogP contribution in [0.2, 0.25) is 0 Å². The molecule has 0 radical (unpaired) electrons. The number of benzene rings is 1. The van der Waals surface area contributed by atoms with Crippen molar-refractivity contribution in [2.24, 2.45) is 0 Å². The van der Waals surface area contributed by atoms with Crippen molar-refractivity contribution in [3.8, 4) is 5.75 Å². The van der Waals surface area contributed by atoms with Gasteiger partial charge < -0.3 is 10.4 Å². The average molecular weight is 250 g/mol. The van der Waals surface area contributed by atoms with E-state index >= 15 is 0 Å². The van der Waals surface area contributed by atoms with Crippen molar-refractivity contribution in [3.05, 3.63) is 41.7 Å². The average Bonchev–Trinajstić information content (AvgIpc) is 2.37. The Morgan fingerprint density at radius 2 is 2.11 bits per heavy atom. The molecule has 1 heterocycles. The van der Waals surface area contributed by atoms with Crippen LogP contribution in [-0.4, -0.2) is 36.2 Å². The molecule has 1 atom stereocenters. The molecule has 0 unspecified atom stereocenters. The van der Waals surface area contributed by atoms with Gasteiger partial charge in [0, 0.05) is 31.7 Å². The minimum Gasteiger partial charge on any atom is -0.505 e. The van der Waals surface area contributed by atoms with Crippen molar-refractivity contribution in [1.29, 1.82) is 0 Å². The number of aromatic hydroxyl groups is 1. The van der Waals surface area contributed by atoms with Crippen LogP contribution in [0.4, 0.5) is 4.39 Å². The van der Waals surface area contributed by atoms with E-state index in [4.69, 9.17) is 0 Å². The molecule has 2 N–H and O–H groups in total. The second-order valence-corrected chi connectivity index (χ2v) is 4.65. The van der Waals surface area contributed by atoms with Crippen LogP contribution in [-0.2, 0) is 0 Å². The Labute approximate surface area is 107 Å². The van der Waals surface area contributed by atoms with Crippen molar-refractivity contribution in [2.45, 2.75) is 13.0 Å². The SMILES string of the molecule is C=C[C@H](c1cc(C)cc(F)c1O)N1CCNCC1. The number of rotatable bonds is 3. The van der Waals surface area contributed by atoms with E-state index in [0.717, 1.165) is 31.7 Å². The molecular weight excluding hydrogens is 231 g/mol. The van der Waals surface area contributed by atoms with Crippen molar-refractivity contribution in [3.63, 3.8) is 0 Å². The molecule has 98 valence electrons. The van der Waals surface area contributed by atoms with Crippen molar-refractivity contribution in [1.82, 2.24) is 10.2 Å². The summed E-state index contributed by atoms with van der Waals surface area (Å²) in [7, 11) is 0. The number of halogens is 1. The van der Waals surface area contributed by atoms with Gasteiger partial charge in [0.2, 0.25) is 0 Å². The zero-order chi connectivity index (χ0) is 13.1. The Balaban J connectivity index is 2.34. The second kappa shape index (κ2) is 5.50. The molecule has 1 aliphatic heterocycles. The van der Waals surface area contributed by atoms with Crippen molar-refractivity contribution in [2.75, 3.05) is 26.2 Å². The number of nitrogens with one attached hydrogen (secondary N) is 1. The van der Waals surface area contributed by atoms with Gasteiger partial charge in [-0.1, -0.05) is 12.1 Å². The van der Waals surface area contributed by atoms with Gasteiger partial charge in [-0.2, -0.15) is 0 Å². The van der Waals surface area contributed by atoms with E-state index in [1.54, 1.807) is 6.08 Å². The zero-order valence-electron chi connectivity index (χ0n) is 10.6. The second-order valence-electron chi connectivity index (χ2n) is 4.65. The molecule has 4 heteroatoms. The maximum Gasteiger partial charge on any atom is 0.165 e. The Bertz CT molecular complexity index is 442. The maximum absolute atomic E-state index is 13.6. The fourth-order valence-corrected chi connectivity index (χ4v) is 2.42. The molecule has 0 spiro atoms. The molecule has 1 fully saturated rings. The number of piperazine rings is 1. The standard InChI is InChI=1S/C14H19FN2O/c1-3-13(17-6-4-16-5-7-17)11-8-10(2)9-12(15)14(11)18/h3,8-9,13,16,18H,1,4-7H2,2H3/t13-/m1/s1. The fourth-order valence-electron chi connectivity index (χ4n) is 2.42. The molecule has 3 nitrogen and oxygen atoms in total. The molecule has 1 aromatic carbocycles. The normalized spacial score (nSPS) is 18.6. The maximum atomic E-state index is 13.6. The summed E-state index contributed by atoms with van der Waals surface area (Å²) >= 11 is 0. The molecule has 0 saturated carbocycles. The van der Waals surface area contributed by atoms with Gasteiger partial charge in [0.25, 0.3) is 0 Å². The summed E-state index contributed by atoms with van der Waals surface area (Å²) in [6, 6.07) is 3.03. The highest BCUT2D eigenvalue weighted by atomic mass is 19.1. The third kappa shape index (κ3) is 2.54. The van der Waals surface area contributed by atoms with E-state index in [0.29, 0.717) is 5.56 Å². The Morgan fingerprint density at radius 3 is 2.72 bits per heavy atom. The van der Waals surface area contributed by atoms with Gasteiger partial charge in [0.05, 0.1) is 6.04 Å². The number of hydrogen-bond donors (Lipinski definition) is 2. The van der Waals surface area contributed by atoms with Gasteiger partial charge in [-0.25, -0.2) is 4.39 Å². The molecule has 1 saturated heterocycles. The number of phenols is 1. The predicted octanol–water partition coefficient (Wildman–Crippen LogP) is 1.97. The molecule has 0 bridgehead atoms. The van der Waals surface area contributed by atoms with Crippen LogP contribution in [0, 0.1) is 12.7 Å². The summed E-state index contributed by atoms with van der Waals surface area (Å²) in [5, 5.41) is 13.2. The van der Waals surface area contributed by atoms with Crippen molar-refractivity contribution >= 4 is 0 Å². The third-order valence-corrected chi connectivity index (χ3v) is 3.32. The lowest BCUT2D eigenvalue weighted by Crippen LogP contribution is -2.44. The van der Waals surface area contributed by atoms with E-state index < -0.39 is 5.82 Å². The molecule has 0 aromatic heterocycles. The Kier molecular flexibility index (Phi) is 3.99. The van der Waals surface area contributed by atoms with E-state index in [-0.39, 0.29) is 11.8 Å². The molecule has 18 heavy (non-hydrogen) atoms. The number of hydrogen-bond acceptors (Lipinski definition) is 3. The van der Waals surface area contributed by atoms with Crippen LogP contribution < -0.4 is 5.32 Å². The Hall–Kier alpha value is -1.39. The first kappa shape index (κ1) is 13.1. The zero-order valence-corrected chi connectivity index (χ0v) is 10.6. The smallest absolute Gasteiger partial charge is 0.165 e. The van der Waals surface area contributed by atoms with E-state index in [2.05, 4.69) is 16.8 Å². The minimum atomic E-state index is -0.563. The quantitative estimate of drug-likeness (QED) is 0.805. The molecule has 1 aromatic rings. The monoisotopic (exact) mass is 250 g/mol. The lowest BCUT2D eigenvalue weighted by Gasteiger charge is -2.33. The van der Waals surface area contributed by atoms with Gasteiger partial charge in [-0.15, -0.1) is 6.58 Å². The summed E-state index contributed by atoms with van der Waals surface area (Å²) in [4.78, 5) is 2.19. The predicted molar refractivity (Wildman–Crippen MR) is 70.2 cm³/mol. The van der Waals surface area contributed by atoms with Crippen molar-refractivity contribution < 1.29 is 9.50 Å². The number of aryl methyl sites for hydroxylation is 1.